The number of hydrogen-bond donors (Lipinski definition) is 2. The fraction of sp³-hybridized carbons (Fsp3) is 0.179. The van der Waals surface area contributed by atoms with Crippen molar-refractivity contribution < 1.29 is 50.6 Å². The van der Waals surface area contributed by atoms with Gasteiger partial charge in [0.1, 0.15) is 25.0 Å². The SMILES string of the molecule is O=C(NCC(=O)N1C[C@H](n2ccc(NC(=O)c3ccccc3)nc2=O)C[C@@H]1C(=O)Oc1c(F)c(F)c(F)c(F)c1F)OCC1c2ccccc2-c2ccccc21. The summed E-state index contributed by atoms with van der Waals surface area (Å²) in [7, 11) is 0. The van der Waals surface area contributed by atoms with Crippen LogP contribution in [-0.4, -0.2) is 64.1 Å². The molecule has 286 valence electrons. The first kappa shape index (κ1) is 37.4. The number of amides is 3. The Balaban J connectivity index is 1.07. The van der Waals surface area contributed by atoms with Crippen LogP contribution in [0.25, 0.3) is 11.1 Å². The van der Waals surface area contributed by atoms with Crippen LogP contribution in [-0.2, 0) is 14.3 Å². The number of aromatic nitrogens is 2. The summed E-state index contributed by atoms with van der Waals surface area (Å²) in [4.78, 5) is 70.1. The van der Waals surface area contributed by atoms with Crippen molar-refractivity contribution in [3.63, 3.8) is 0 Å². The molecule has 1 aliphatic carbocycles. The molecule has 1 aromatic heterocycles. The van der Waals surface area contributed by atoms with Crippen molar-refractivity contribution in [1.82, 2.24) is 19.8 Å². The number of carbonyl (C=O) groups excluding carboxylic acids is 4. The van der Waals surface area contributed by atoms with Gasteiger partial charge >= 0.3 is 17.8 Å². The van der Waals surface area contributed by atoms with Gasteiger partial charge in [0.25, 0.3) is 5.91 Å². The van der Waals surface area contributed by atoms with E-state index in [4.69, 9.17) is 4.74 Å². The fourth-order valence-corrected chi connectivity index (χ4v) is 6.79. The molecule has 3 amide bonds. The molecule has 0 unspecified atom stereocenters. The average molecular weight is 774 g/mol. The van der Waals surface area contributed by atoms with Crippen molar-refractivity contribution in [3.05, 3.63) is 147 Å². The minimum absolute atomic E-state index is 0.0889. The predicted molar refractivity (Wildman–Crippen MR) is 187 cm³/mol. The number of rotatable bonds is 9. The van der Waals surface area contributed by atoms with Crippen molar-refractivity contribution in [2.45, 2.75) is 24.4 Å². The third-order valence-corrected chi connectivity index (χ3v) is 9.47. The number of halogens is 5. The van der Waals surface area contributed by atoms with Crippen molar-refractivity contribution in [1.29, 1.82) is 0 Å². The summed E-state index contributed by atoms with van der Waals surface area (Å²) in [5, 5.41) is 4.77. The van der Waals surface area contributed by atoms with E-state index in [9.17, 15) is 45.9 Å². The van der Waals surface area contributed by atoms with Crippen LogP contribution >= 0.6 is 0 Å². The minimum Gasteiger partial charge on any atom is -0.449 e. The Morgan fingerprint density at radius 2 is 1.36 bits per heavy atom. The van der Waals surface area contributed by atoms with Crippen molar-refractivity contribution in [3.8, 4) is 16.9 Å². The van der Waals surface area contributed by atoms with Gasteiger partial charge in [-0.2, -0.15) is 13.8 Å². The zero-order chi connectivity index (χ0) is 39.7. The average Bonchev–Trinajstić information content (AvgIpc) is 3.80. The van der Waals surface area contributed by atoms with Crippen LogP contribution in [0.5, 0.6) is 5.75 Å². The molecule has 1 aliphatic heterocycles. The zero-order valence-corrected chi connectivity index (χ0v) is 28.8. The zero-order valence-electron chi connectivity index (χ0n) is 28.8. The molecule has 0 spiro atoms. The molecule has 56 heavy (non-hydrogen) atoms. The normalized spacial score (nSPS) is 15.8. The number of nitrogens with zero attached hydrogens (tertiary/aromatic N) is 3. The largest absolute Gasteiger partial charge is 0.449 e. The molecule has 12 nitrogen and oxygen atoms in total. The maximum atomic E-state index is 14.5. The number of benzene rings is 4. The van der Waals surface area contributed by atoms with Gasteiger partial charge in [0, 0.05) is 30.6 Å². The molecule has 17 heteroatoms. The molecule has 1 saturated heterocycles. The van der Waals surface area contributed by atoms with Crippen LogP contribution in [0.2, 0.25) is 0 Å². The Bertz CT molecular complexity index is 2370. The first-order chi connectivity index (χ1) is 26.9. The number of hydrogen-bond acceptors (Lipinski definition) is 8. The summed E-state index contributed by atoms with van der Waals surface area (Å²) < 4.78 is 81.6. The lowest BCUT2D eigenvalue weighted by Gasteiger charge is -2.23. The highest BCUT2D eigenvalue weighted by Gasteiger charge is 2.43. The summed E-state index contributed by atoms with van der Waals surface area (Å²) in [5.41, 5.74) is 3.20. The van der Waals surface area contributed by atoms with Gasteiger partial charge < -0.3 is 25.0 Å². The van der Waals surface area contributed by atoms with Gasteiger partial charge in [-0.25, -0.2) is 27.6 Å². The molecule has 0 radical (unpaired) electrons. The molecule has 0 saturated carbocycles. The van der Waals surface area contributed by atoms with Crippen LogP contribution in [0.4, 0.5) is 32.6 Å². The van der Waals surface area contributed by atoms with Gasteiger partial charge in [0.15, 0.2) is 0 Å². The van der Waals surface area contributed by atoms with Gasteiger partial charge in [-0.1, -0.05) is 66.7 Å². The summed E-state index contributed by atoms with van der Waals surface area (Å²) >= 11 is 0. The number of ether oxygens (including phenoxy) is 2. The third kappa shape index (κ3) is 7.17. The maximum Gasteiger partial charge on any atom is 0.407 e. The second-order valence-corrected chi connectivity index (χ2v) is 12.8. The van der Waals surface area contributed by atoms with Crippen LogP contribution in [0.15, 0.2) is 95.9 Å². The van der Waals surface area contributed by atoms with E-state index in [1.54, 1.807) is 18.2 Å². The highest BCUT2D eigenvalue weighted by molar-refractivity contribution is 6.03. The maximum absolute atomic E-state index is 14.5. The van der Waals surface area contributed by atoms with Crippen molar-refractivity contribution in [2.24, 2.45) is 0 Å². The Morgan fingerprint density at radius 3 is 1.98 bits per heavy atom. The molecule has 5 aromatic rings. The lowest BCUT2D eigenvalue weighted by atomic mass is 9.98. The molecule has 2 aliphatic rings. The topological polar surface area (TPSA) is 149 Å². The first-order valence-corrected chi connectivity index (χ1v) is 17.0. The number of anilines is 1. The number of carbonyl (C=O) groups is 4. The van der Waals surface area contributed by atoms with Gasteiger partial charge in [-0.3, -0.25) is 14.2 Å². The van der Waals surface area contributed by atoms with E-state index in [1.165, 1.54) is 24.4 Å². The molecule has 0 bridgehead atoms. The van der Waals surface area contributed by atoms with Crippen molar-refractivity contribution in [2.75, 3.05) is 25.0 Å². The van der Waals surface area contributed by atoms with E-state index in [0.29, 0.717) is 0 Å². The predicted octanol–water partition coefficient (Wildman–Crippen LogP) is 5.48. The van der Waals surface area contributed by atoms with Gasteiger partial charge in [-0.15, -0.1) is 0 Å². The molecule has 7 rings (SSSR count). The van der Waals surface area contributed by atoms with Crippen LogP contribution in [0, 0.1) is 29.1 Å². The lowest BCUT2D eigenvalue weighted by molar-refractivity contribution is -0.146. The van der Waals surface area contributed by atoms with E-state index >= 15 is 0 Å². The Labute approximate surface area is 313 Å². The monoisotopic (exact) mass is 773 g/mol. The van der Waals surface area contributed by atoms with Gasteiger partial charge in [0.2, 0.25) is 40.7 Å². The molecule has 2 atom stereocenters. The lowest BCUT2D eigenvalue weighted by Crippen LogP contribution is -2.47. The van der Waals surface area contributed by atoms with E-state index in [0.717, 1.165) is 31.7 Å². The quantitative estimate of drug-likeness (QED) is 0.0659. The summed E-state index contributed by atoms with van der Waals surface area (Å²) in [5.74, 6) is -17.5. The van der Waals surface area contributed by atoms with E-state index < -0.39 is 96.0 Å². The number of nitrogens with one attached hydrogen (secondary N) is 2. The number of esters is 1. The van der Waals surface area contributed by atoms with Gasteiger partial charge in [-0.05, 0) is 40.5 Å². The third-order valence-electron chi connectivity index (χ3n) is 9.47. The second-order valence-electron chi connectivity index (χ2n) is 12.8. The summed E-state index contributed by atoms with van der Waals surface area (Å²) in [6, 6.07) is 21.7. The Kier molecular flexibility index (Phi) is 10.3. The van der Waals surface area contributed by atoms with Crippen LogP contribution < -0.4 is 21.1 Å². The Morgan fingerprint density at radius 1 is 0.768 bits per heavy atom. The van der Waals surface area contributed by atoms with E-state index in [1.807, 2.05) is 48.5 Å². The van der Waals surface area contributed by atoms with E-state index in [-0.39, 0.29) is 23.9 Å². The minimum atomic E-state index is -2.48. The summed E-state index contributed by atoms with van der Waals surface area (Å²) in [6.07, 6.45) is -0.233. The van der Waals surface area contributed by atoms with Crippen LogP contribution in [0.1, 0.15) is 39.9 Å². The van der Waals surface area contributed by atoms with Crippen LogP contribution in [0.3, 0.4) is 0 Å². The molecule has 1 fully saturated rings. The summed E-state index contributed by atoms with van der Waals surface area (Å²) in [6.45, 7) is -1.29. The molecule has 4 aromatic carbocycles. The molecular weight excluding hydrogens is 745 g/mol. The molecule has 2 N–H and O–H groups in total. The van der Waals surface area contributed by atoms with Crippen molar-refractivity contribution >= 4 is 29.7 Å². The molecular formula is C39H28F5N5O7. The number of likely N-dealkylation sites (tertiary alicyclic amines) is 1. The number of fused-ring (bicyclic) bond motifs is 3. The van der Waals surface area contributed by atoms with Gasteiger partial charge in [0.05, 0.1) is 6.04 Å². The fourth-order valence-electron chi connectivity index (χ4n) is 6.79. The highest BCUT2D eigenvalue weighted by atomic mass is 19.2. The second kappa shape index (κ2) is 15.4. The number of alkyl carbamates (subject to hydrolysis) is 1. The standard InChI is InChI=1S/C39H28F5N5O7/c40-30-31(41)33(43)35(34(44)32(30)42)56-37(52)27-16-21(48-15-14-28(47-38(48)53)46-36(51)20-8-2-1-3-9-20)18-49(27)29(50)17-45-39(54)55-19-26-24-12-6-4-10-22(24)23-11-5-7-13-25(23)26/h1-15,21,26-27H,16-19H2,(H,45,54)(H,46,47,51,53)/t21-,27-/m1/s1. The first-order valence-electron chi connectivity index (χ1n) is 17.0. The van der Waals surface area contributed by atoms with E-state index in [2.05, 4.69) is 20.4 Å². The highest BCUT2D eigenvalue weighted by Crippen LogP contribution is 2.44. The molecule has 2 heterocycles. The smallest absolute Gasteiger partial charge is 0.407 e. The Hall–Kier alpha value is -6.91.